The van der Waals surface area contributed by atoms with Gasteiger partial charge in [0.2, 0.25) is 5.91 Å². The molecular weight excluding hydrogens is 284 g/mol. The first-order valence-corrected chi connectivity index (χ1v) is 7.80. The van der Waals surface area contributed by atoms with Gasteiger partial charge in [0, 0.05) is 37.6 Å². The minimum absolute atomic E-state index is 0.0605. The molecule has 3 amide bonds. The fraction of sp³-hybridized carbons (Fsp3) is 0.625. The molecule has 1 N–H and O–H groups in total. The number of nitrogens with one attached hydrogen (secondary N) is 1. The predicted octanol–water partition coefficient (Wildman–Crippen LogP) is 1.45. The molecule has 1 unspecified atom stereocenters. The monoisotopic (exact) mass is 310 g/mol. The Morgan fingerprint density at radius 1 is 1.23 bits per heavy atom. The number of amides is 3. The van der Waals surface area contributed by atoms with Gasteiger partial charge in [-0.25, -0.2) is 0 Å². The summed E-state index contributed by atoms with van der Waals surface area (Å²) >= 11 is 0. The lowest BCUT2D eigenvalue weighted by molar-refractivity contribution is -0.137. The molecule has 1 aliphatic rings. The van der Waals surface area contributed by atoms with Gasteiger partial charge in [-0.15, -0.1) is 0 Å². The molecule has 0 saturated heterocycles. The molecule has 1 atom stereocenters. The third kappa shape index (κ3) is 7.71. The van der Waals surface area contributed by atoms with Crippen LogP contribution in [-0.4, -0.2) is 42.0 Å². The van der Waals surface area contributed by atoms with Crippen LogP contribution in [0.4, 0.5) is 0 Å². The summed E-state index contributed by atoms with van der Waals surface area (Å²) in [7, 11) is 0. The molecule has 0 aliphatic carbocycles. The summed E-state index contributed by atoms with van der Waals surface area (Å²) in [5.41, 5.74) is 0. The van der Waals surface area contributed by atoms with Crippen LogP contribution in [0.15, 0.2) is 12.2 Å². The Kier molecular flexibility index (Phi) is 10.6. The Hall–Kier alpha value is -1.98. The largest absolute Gasteiger partial charge is 0.356 e. The van der Waals surface area contributed by atoms with Crippen molar-refractivity contribution >= 4 is 24.0 Å². The van der Waals surface area contributed by atoms with Crippen LogP contribution in [0.2, 0.25) is 0 Å². The van der Waals surface area contributed by atoms with Gasteiger partial charge in [-0.1, -0.05) is 27.2 Å². The van der Waals surface area contributed by atoms with Crippen molar-refractivity contribution < 1.29 is 19.2 Å². The van der Waals surface area contributed by atoms with Crippen molar-refractivity contribution in [3.63, 3.8) is 0 Å². The molecule has 0 bridgehead atoms. The van der Waals surface area contributed by atoms with Crippen LogP contribution in [0, 0.1) is 5.92 Å². The number of imide groups is 1. The first-order chi connectivity index (χ1) is 10.5. The molecule has 0 aromatic rings. The second kappa shape index (κ2) is 11.7. The highest BCUT2D eigenvalue weighted by atomic mass is 16.2. The lowest BCUT2D eigenvalue weighted by Crippen LogP contribution is -2.34. The number of hydrogen-bond acceptors (Lipinski definition) is 4. The number of hydrogen-bond donors (Lipinski definition) is 1. The third-order valence-electron chi connectivity index (χ3n) is 3.10. The summed E-state index contributed by atoms with van der Waals surface area (Å²) in [4.78, 5) is 45.5. The van der Waals surface area contributed by atoms with E-state index in [-0.39, 0.29) is 36.6 Å². The van der Waals surface area contributed by atoms with E-state index in [0.29, 0.717) is 6.54 Å². The first kappa shape index (κ1) is 20.0. The van der Waals surface area contributed by atoms with Gasteiger partial charge in [0.05, 0.1) is 0 Å². The van der Waals surface area contributed by atoms with Gasteiger partial charge < -0.3 is 10.1 Å². The van der Waals surface area contributed by atoms with Crippen molar-refractivity contribution in [3.05, 3.63) is 12.2 Å². The van der Waals surface area contributed by atoms with E-state index in [4.69, 9.17) is 0 Å². The Morgan fingerprint density at radius 2 is 1.82 bits per heavy atom. The molecule has 1 aliphatic heterocycles. The minimum Gasteiger partial charge on any atom is -0.356 e. The number of carbonyl (C=O) groups excluding carboxylic acids is 4. The maximum absolute atomic E-state index is 11.5. The van der Waals surface area contributed by atoms with Crippen LogP contribution in [0.3, 0.4) is 0 Å². The van der Waals surface area contributed by atoms with E-state index in [0.717, 1.165) is 30.4 Å². The summed E-state index contributed by atoms with van der Waals surface area (Å²) in [5.74, 6) is -0.859. The molecule has 0 saturated carbocycles. The smallest absolute Gasteiger partial charge is 0.253 e. The molecule has 1 rings (SSSR count). The molecule has 124 valence electrons. The number of rotatable bonds is 9. The number of nitrogens with zero attached hydrogens (tertiary/aromatic N) is 1. The molecular formula is C16H26N2O4. The van der Waals surface area contributed by atoms with E-state index in [9.17, 15) is 19.2 Å². The molecule has 0 spiro atoms. The van der Waals surface area contributed by atoms with Gasteiger partial charge in [-0.3, -0.25) is 19.3 Å². The highest BCUT2D eigenvalue weighted by Gasteiger charge is 2.23. The van der Waals surface area contributed by atoms with Crippen molar-refractivity contribution in [1.29, 1.82) is 0 Å². The minimum atomic E-state index is -0.370. The summed E-state index contributed by atoms with van der Waals surface area (Å²) in [6.07, 6.45) is 5.96. The predicted molar refractivity (Wildman–Crippen MR) is 83.9 cm³/mol. The Morgan fingerprint density at radius 3 is 2.36 bits per heavy atom. The molecule has 0 aromatic carbocycles. The first-order valence-electron chi connectivity index (χ1n) is 7.80. The normalized spacial score (nSPS) is 14.4. The maximum Gasteiger partial charge on any atom is 0.253 e. The zero-order chi connectivity index (χ0) is 17.0. The Balaban J connectivity index is 0.00000211. The summed E-state index contributed by atoms with van der Waals surface area (Å²) in [6, 6.07) is 0. The average molecular weight is 310 g/mol. The molecule has 1 heterocycles. The summed E-state index contributed by atoms with van der Waals surface area (Å²) < 4.78 is 0. The van der Waals surface area contributed by atoms with Gasteiger partial charge in [0.1, 0.15) is 6.29 Å². The topological polar surface area (TPSA) is 83.6 Å². The standard InChI is InChI=1S/C14H20N2O4.C2H6/c1-11(10-17)4-2-3-8-15-12(18)7-9-16-13(19)5-6-14(16)20;1-2/h5-6,10-11H,2-4,7-9H2,1H3,(H,15,18);1-2H3. The molecule has 6 nitrogen and oxygen atoms in total. The average Bonchev–Trinajstić information content (AvgIpc) is 2.85. The zero-order valence-corrected chi connectivity index (χ0v) is 13.6. The van der Waals surface area contributed by atoms with Gasteiger partial charge in [-0.05, 0) is 12.8 Å². The SMILES string of the molecule is CC.CC(C=O)CCCCNC(=O)CCN1C(=O)C=CC1=O. The van der Waals surface area contributed by atoms with Crippen molar-refractivity contribution in [2.75, 3.05) is 13.1 Å². The molecule has 0 fully saturated rings. The van der Waals surface area contributed by atoms with Gasteiger partial charge in [-0.2, -0.15) is 0 Å². The van der Waals surface area contributed by atoms with Gasteiger partial charge in [0.25, 0.3) is 11.8 Å². The molecule has 6 heteroatoms. The number of unbranched alkanes of at least 4 members (excludes halogenated alkanes) is 1. The quantitative estimate of drug-likeness (QED) is 0.397. The van der Waals surface area contributed by atoms with Crippen molar-refractivity contribution in [3.8, 4) is 0 Å². The van der Waals surface area contributed by atoms with Crippen LogP contribution < -0.4 is 5.32 Å². The van der Waals surface area contributed by atoms with Crippen LogP contribution in [-0.2, 0) is 19.2 Å². The Bertz CT molecular complexity index is 400. The molecule has 0 aromatic heterocycles. The Labute approximate surface area is 131 Å². The van der Waals surface area contributed by atoms with E-state index >= 15 is 0 Å². The van der Waals surface area contributed by atoms with E-state index in [2.05, 4.69) is 5.32 Å². The van der Waals surface area contributed by atoms with Crippen LogP contribution in [0.1, 0.15) is 46.5 Å². The van der Waals surface area contributed by atoms with Crippen LogP contribution >= 0.6 is 0 Å². The van der Waals surface area contributed by atoms with Gasteiger partial charge in [0.15, 0.2) is 0 Å². The zero-order valence-electron chi connectivity index (χ0n) is 13.6. The lowest BCUT2D eigenvalue weighted by atomic mass is 10.1. The second-order valence-corrected chi connectivity index (χ2v) is 4.87. The second-order valence-electron chi connectivity index (χ2n) is 4.87. The lowest BCUT2D eigenvalue weighted by Gasteiger charge is -2.13. The maximum atomic E-state index is 11.5. The fourth-order valence-corrected chi connectivity index (χ4v) is 1.84. The van der Waals surface area contributed by atoms with E-state index in [1.54, 1.807) is 0 Å². The van der Waals surface area contributed by atoms with E-state index in [1.807, 2.05) is 20.8 Å². The third-order valence-corrected chi connectivity index (χ3v) is 3.10. The highest BCUT2D eigenvalue weighted by molar-refractivity contribution is 6.13. The molecule has 0 radical (unpaired) electrons. The highest BCUT2D eigenvalue weighted by Crippen LogP contribution is 2.05. The number of aldehydes is 1. The fourth-order valence-electron chi connectivity index (χ4n) is 1.84. The van der Waals surface area contributed by atoms with Crippen molar-refractivity contribution in [1.82, 2.24) is 10.2 Å². The molecule has 22 heavy (non-hydrogen) atoms. The van der Waals surface area contributed by atoms with Crippen molar-refractivity contribution in [2.24, 2.45) is 5.92 Å². The van der Waals surface area contributed by atoms with E-state index < -0.39 is 0 Å². The van der Waals surface area contributed by atoms with E-state index in [1.165, 1.54) is 12.2 Å². The van der Waals surface area contributed by atoms with Crippen molar-refractivity contribution in [2.45, 2.75) is 46.5 Å². The van der Waals surface area contributed by atoms with Crippen LogP contribution in [0.25, 0.3) is 0 Å². The summed E-state index contributed by atoms with van der Waals surface area (Å²) in [5, 5.41) is 2.73. The number of carbonyl (C=O) groups is 4. The van der Waals surface area contributed by atoms with Gasteiger partial charge >= 0.3 is 0 Å². The summed E-state index contributed by atoms with van der Waals surface area (Å²) in [6.45, 7) is 6.52. The van der Waals surface area contributed by atoms with Crippen LogP contribution in [0.5, 0.6) is 0 Å².